The molecule has 0 saturated carbocycles. The molecule has 3 rings (SSSR count). The highest BCUT2D eigenvalue weighted by atomic mass is 16.5. The number of piperazine rings is 1. The molecule has 0 spiro atoms. The third-order valence-corrected chi connectivity index (χ3v) is 6.07. The summed E-state index contributed by atoms with van der Waals surface area (Å²) in [5.74, 6) is 0.960. The Balaban J connectivity index is 1.45. The van der Waals surface area contributed by atoms with Crippen LogP contribution < -0.4 is 9.64 Å². The van der Waals surface area contributed by atoms with Gasteiger partial charge >= 0.3 is 0 Å². The van der Waals surface area contributed by atoms with Gasteiger partial charge in [0.2, 0.25) is 0 Å². The molecule has 0 aromatic heterocycles. The smallest absolute Gasteiger partial charge is 0.119 e. The molecule has 2 aromatic rings. The molecule has 1 aliphatic heterocycles. The van der Waals surface area contributed by atoms with E-state index >= 15 is 0 Å². The summed E-state index contributed by atoms with van der Waals surface area (Å²) in [5.41, 5.74) is 5.81. The molecular weight excluding hydrogens is 356 g/mol. The van der Waals surface area contributed by atoms with Crippen LogP contribution in [0.1, 0.15) is 49.8 Å². The number of benzene rings is 2. The van der Waals surface area contributed by atoms with E-state index in [9.17, 15) is 0 Å². The summed E-state index contributed by atoms with van der Waals surface area (Å²) in [7, 11) is 0. The van der Waals surface area contributed by atoms with Gasteiger partial charge in [-0.15, -0.1) is 0 Å². The van der Waals surface area contributed by atoms with Gasteiger partial charge in [0.25, 0.3) is 0 Å². The number of aryl methyl sites for hydroxylation is 2. The molecule has 1 saturated heterocycles. The Labute approximate surface area is 177 Å². The Morgan fingerprint density at radius 3 is 2.31 bits per heavy atom. The fourth-order valence-corrected chi connectivity index (χ4v) is 4.15. The van der Waals surface area contributed by atoms with Crippen molar-refractivity contribution in [3.63, 3.8) is 0 Å². The topological polar surface area (TPSA) is 15.7 Å². The minimum atomic E-state index is 0.721. The molecule has 29 heavy (non-hydrogen) atoms. The Bertz CT molecular complexity index is 733. The lowest BCUT2D eigenvalue weighted by molar-refractivity contribution is 0.261. The van der Waals surface area contributed by atoms with Gasteiger partial charge in [0.1, 0.15) is 5.75 Å². The molecule has 1 fully saturated rings. The van der Waals surface area contributed by atoms with E-state index in [-0.39, 0.29) is 0 Å². The number of rotatable bonds is 10. The second-order valence-corrected chi connectivity index (χ2v) is 8.22. The molecule has 0 bridgehead atoms. The molecule has 0 atom stereocenters. The zero-order valence-electron chi connectivity index (χ0n) is 18.6. The van der Waals surface area contributed by atoms with Crippen LogP contribution in [-0.4, -0.2) is 44.2 Å². The summed E-state index contributed by atoms with van der Waals surface area (Å²) in [6.07, 6.45) is 6.33. The summed E-state index contributed by atoms with van der Waals surface area (Å²) in [4.78, 5) is 5.10. The number of unbranched alkanes of at least 4 members (excludes halogenated alkanes) is 2. The lowest BCUT2D eigenvalue weighted by atomic mass is 9.98. The third kappa shape index (κ3) is 6.50. The molecule has 0 unspecified atom stereocenters. The minimum Gasteiger partial charge on any atom is -0.494 e. The predicted molar refractivity (Wildman–Crippen MR) is 124 cm³/mol. The maximum atomic E-state index is 5.56. The Morgan fingerprint density at radius 1 is 0.862 bits per heavy atom. The van der Waals surface area contributed by atoms with Crippen LogP contribution in [0, 0.1) is 6.92 Å². The first kappa shape index (κ1) is 21.7. The van der Waals surface area contributed by atoms with Gasteiger partial charge in [0, 0.05) is 38.4 Å². The molecule has 1 aliphatic rings. The first-order valence-electron chi connectivity index (χ1n) is 11.5. The summed E-state index contributed by atoms with van der Waals surface area (Å²) < 4.78 is 5.56. The Morgan fingerprint density at radius 2 is 1.62 bits per heavy atom. The van der Waals surface area contributed by atoms with Crippen LogP contribution in [0.4, 0.5) is 5.69 Å². The van der Waals surface area contributed by atoms with Gasteiger partial charge in [-0.2, -0.15) is 0 Å². The number of anilines is 1. The quantitative estimate of drug-likeness (QED) is 0.496. The van der Waals surface area contributed by atoms with Crippen LogP contribution in [0.5, 0.6) is 5.75 Å². The van der Waals surface area contributed by atoms with Crippen LogP contribution in [0.15, 0.2) is 42.5 Å². The van der Waals surface area contributed by atoms with E-state index in [1.54, 1.807) is 5.56 Å². The van der Waals surface area contributed by atoms with Crippen LogP contribution in [0.2, 0.25) is 0 Å². The van der Waals surface area contributed by atoms with Crippen molar-refractivity contribution in [3.05, 3.63) is 59.2 Å². The second kappa shape index (κ2) is 11.3. The number of hydrogen-bond donors (Lipinski definition) is 0. The van der Waals surface area contributed by atoms with Gasteiger partial charge in [0.05, 0.1) is 6.61 Å². The van der Waals surface area contributed by atoms with Crippen LogP contribution in [0.3, 0.4) is 0 Å². The molecule has 0 aliphatic carbocycles. The normalized spacial score (nSPS) is 14.9. The highest BCUT2D eigenvalue weighted by molar-refractivity contribution is 5.49. The maximum absolute atomic E-state index is 5.56. The number of ether oxygens (including phenoxy) is 1. The zero-order valence-corrected chi connectivity index (χ0v) is 18.6. The summed E-state index contributed by atoms with van der Waals surface area (Å²) in [5, 5.41) is 0. The molecule has 158 valence electrons. The predicted octanol–water partition coefficient (Wildman–Crippen LogP) is 5.49. The lowest BCUT2D eigenvalue weighted by Crippen LogP contribution is -2.47. The summed E-state index contributed by atoms with van der Waals surface area (Å²) >= 11 is 0. The molecule has 0 radical (unpaired) electrons. The third-order valence-electron chi connectivity index (χ3n) is 6.07. The van der Waals surface area contributed by atoms with Crippen molar-refractivity contribution in [2.24, 2.45) is 0 Å². The lowest BCUT2D eigenvalue weighted by Gasteiger charge is -2.36. The Hall–Kier alpha value is -2.00. The van der Waals surface area contributed by atoms with Gasteiger partial charge in [-0.25, -0.2) is 0 Å². The Kier molecular flexibility index (Phi) is 8.42. The van der Waals surface area contributed by atoms with E-state index in [1.165, 1.54) is 42.5 Å². The molecule has 3 nitrogen and oxygen atoms in total. The average molecular weight is 395 g/mol. The number of hydrogen-bond acceptors (Lipinski definition) is 3. The van der Waals surface area contributed by atoms with Crippen molar-refractivity contribution >= 4 is 5.69 Å². The first-order valence-corrected chi connectivity index (χ1v) is 11.5. The van der Waals surface area contributed by atoms with Crippen molar-refractivity contribution in [1.29, 1.82) is 0 Å². The fourth-order valence-electron chi connectivity index (χ4n) is 4.15. The average Bonchev–Trinajstić information content (AvgIpc) is 2.75. The summed E-state index contributed by atoms with van der Waals surface area (Å²) in [6.45, 7) is 12.9. The van der Waals surface area contributed by atoms with E-state index in [0.717, 1.165) is 51.5 Å². The standard InChI is InChI=1S/C26H38N2O/c1-4-6-7-8-24-21-23(10-9-22(24)3)15-16-27-17-19-28(20-18-27)25-11-13-26(14-12-25)29-5-2/h9-14,21H,4-8,15-20H2,1-3H3. The van der Waals surface area contributed by atoms with Gasteiger partial charge < -0.3 is 9.64 Å². The van der Waals surface area contributed by atoms with E-state index in [1.807, 2.05) is 6.92 Å². The minimum absolute atomic E-state index is 0.721. The molecule has 0 amide bonds. The van der Waals surface area contributed by atoms with Crippen molar-refractivity contribution in [1.82, 2.24) is 4.90 Å². The second-order valence-electron chi connectivity index (χ2n) is 8.22. The van der Waals surface area contributed by atoms with Gasteiger partial charge in [-0.05, 0) is 74.1 Å². The van der Waals surface area contributed by atoms with Crippen molar-refractivity contribution in [3.8, 4) is 5.75 Å². The van der Waals surface area contributed by atoms with Crippen molar-refractivity contribution < 1.29 is 4.74 Å². The van der Waals surface area contributed by atoms with Crippen molar-refractivity contribution in [2.75, 3.05) is 44.2 Å². The van der Waals surface area contributed by atoms with Crippen molar-refractivity contribution in [2.45, 2.75) is 52.9 Å². The molecule has 0 N–H and O–H groups in total. The largest absolute Gasteiger partial charge is 0.494 e. The van der Waals surface area contributed by atoms with E-state index in [4.69, 9.17) is 4.74 Å². The van der Waals surface area contributed by atoms with Crippen LogP contribution >= 0.6 is 0 Å². The molecule has 3 heteroatoms. The molecular formula is C26H38N2O. The summed E-state index contributed by atoms with van der Waals surface area (Å²) in [6, 6.07) is 15.7. The van der Waals surface area contributed by atoms with Gasteiger partial charge in [-0.1, -0.05) is 38.0 Å². The molecule has 1 heterocycles. The van der Waals surface area contributed by atoms with Gasteiger partial charge in [0.15, 0.2) is 0 Å². The maximum Gasteiger partial charge on any atom is 0.119 e. The fraction of sp³-hybridized carbons (Fsp3) is 0.538. The van der Waals surface area contributed by atoms with E-state index in [2.05, 4.69) is 66.1 Å². The highest BCUT2D eigenvalue weighted by Crippen LogP contribution is 2.21. The first-order chi connectivity index (χ1) is 14.2. The highest BCUT2D eigenvalue weighted by Gasteiger charge is 2.17. The van der Waals surface area contributed by atoms with E-state index < -0.39 is 0 Å². The van der Waals surface area contributed by atoms with Gasteiger partial charge in [-0.3, -0.25) is 4.90 Å². The monoisotopic (exact) mass is 394 g/mol. The number of nitrogens with zero attached hydrogens (tertiary/aromatic N) is 2. The zero-order chi connectivity index (χ0) is 20.5. The van der Waals surface area contributed by atoms with Crippen LogP contribution in [0.25, 0.3) is 0 Å². The van der Waals surface area contributed by atoms with Crippen LogP contribution in [-0.2, 0) is 12.8 Å². The van der Waals surface area contributed by atoms with E-state index in [0.29, 0.717) is 0 Å². The SMILES string of the molecule is CCCCCc1cc(CCN2CCN(c3ccc(OCC)cc3)CC2)ccc1C. The molecule has 2 aromatic carbocycles.